The van der Waals surface area contributed by atoms with Crippen molar-refractivity contribution in [1.82, 2.24) is 10.3 Å². The van der Waals surface area contributed by atoms with Crippen LogP contribution in [0, 0.1) is 0 Å². The lowest BCUT2D eigenvalue weighted by Crippen LogP contribution is -2.35. The molecule has 0 aromatic carbocycles. The van der Waals surface area contributed by atoms with Crippen LogP contribution in [0.4, 0.5) is 0 Å². The molecule has 2 heterocycles. The summed E-state index contributed by atoms with van der Waals surface area (Å²) in [5.74, 6) is 0.150. The summed E-state index contributed by atoms with van der Waals surface area (Å²) in [6, 6.07) is 3.44. The second kappa shape index (κ2) is 4.05. The van der Waals surface area contributed by atoms with Gasteiger partial charge in [-0.05, 0) is 31.2 Å². The summed E-state index contributed by atoms with van der Waals surface area (Å²) in [6.45, 7) is 0. The van der Waals surface area contributed by atoms with Gasteiger partial charge in [-0.2, -0.15) is 0 Å². The molecule has 0 saturated carbocycles. The molecular weight excluding hydrogens is 176 g/mol. The highest BCUT2D eigenvalue weighted by atomic mass is 16.1. The van der Waals surface area contributed by atoms with Crippen molar-refractivity contribution in [2.75, 3.05) is 0 Å². The fourth-order valence-electron chi connectivity index (χ4n) is 1.54. The molecule has 2 rings (SSSR count). The summed E-state index contributed by atoms with van der Waals surface area (Å²) in [5, 5.41) is 3.07. The molecule has 1 aliphatic heterocycles. The van der Waals surface area contributed by atoms with E-state index in [1.54, 1.807) is 24.5 Å². The second-order valence-electron chi connectivity index (χ2n) is 3.30. The van der Waals surface area contributed by atoms with Crippen molar-refractivity contribution in [3.63, 3.8) is 0 Å². The fraction of sp³-hybridized carbons (Fsp3) is 0.273. The molecule has 1 aromatic rings. The van der Waals surface area contributed by atoms with Crippen LogP contribution >= 0.6 is 0 Å². The van der Waals surface area contributed by atoms with Crippen LogP contribution in [0.1, 0.15) is 23.2 Å². The van der Waals surface area contributed by atoms with Crippen LogP contribution in [-0.4, -0.2) is 16.8 Å². The van der Waals surface area contributed by atoms with Gasteiger partial charge in [0.25, 0.3) is 0 Å². The molecule has 1 N–H and O–H groups in total. The Balaban J connectivity index is 2.12. The highest BCUT2D eigenvalue weighted by Gasteiger charge is 2.19. The molecule has 0 bridgehead atoms. The van der Waals surface area contributed by atoms with Crippen LogP contribution < -0.4 is 5.32 Å². The number of allylic oxidation sites excluding steroid dienone is 1. The monoisotopic (exact) mass is 188 g/mol. The van der Waals surface area contributed by atoms with Crippen LogP contribution in [0.3, 0.4) is 0 Å². The number of nitrogens with one attached hydrogen (secondary N) is 1. The lowest BCUT2D eigenvalue weighted by Gasteiger charge is -2.18. The maximum Gasteiger partial charge on any atom is 0.185 e. The third-order valence-corrected chi connectivity index (χ3v) is 2.32. The SMILES string of the molecule is O=C(c1ccncc1)C1CCC=CN1. The Morgan fingerprint density at radius 2 is 2.21 bits per heavy atom. The molecule has 1 atom stereocenters. The van der Waals surface area contributed by atoms with Gasteiger partial charge in [0.15, 0.2) is 5.78 Å². The first-order valence-electron chi connectivity index (χ1n) is 4.73. The number of rotatable bonds is 2. The Morgan fingerprint density at radius 1 is 1.43 bits per heavy atom. The Hall–Kier alpha value is -1.64. The quantitative estimate of drug-likeness (QED) is 0.716. The number of nitrogens with zero attached hydrogens (tertiary/aromatic N) is 1. The highest BCUT2D eigenvalue weighted by molar-refractivity contribution is 6.00. The van der Waals surface area contributed by atoms with E-state index in [-0.39, 0.29) is 11.8 Å². The Labute approximate surface area is 82.9 Å². The normalized spacial score (nSPS) is 20.1. The molecule has 0 radical (unpaired) electrons. The second-order valence-corrected chi connectivity index (χ2v) is 3.30. The van der Waals surface area contributed by atoms with Gasteiger partial charge >= 0.3 is 0 Å². The Morgan fingerprint density at radius 3 is 2.86 bits per heavy atom. The summed E-state index contributed by atoms with van der Waals surface area (Å²) in [5.41, 5.74) is 0.729. The van der Waals surface area contributed by atoms with Crippen LogP contribution in [0.2, 0.25) is 0 Å². The summed E-state index contributed by atoms with van der Waals surface area (Å²) in [7, 11) is 0. The number of ketones is 1. The van der Waals surface area contributed by atoms with Gasteiger partial charge in [0.1, 0.15) is 0 Å². The average Bonchev–Trinajstić information content (AvgIpc) is 2.30. The van der Waals surface area contributed by atoms with Gasteiger partial charge < -0.3 is 5.32 Å². The Kier molecular flexibility index (Phi) is 2.58. The van der Waals surface area contributed by atoms with Crippen molar-refractivity contribution in [3.8, 4) is 0 Å². The number of hydrogen-bond donors (Lipinski definition) is 1. The number of Topliss-reactive ketones (excluding diaryl/α,β-unsaturated/α-hetero) is 1. The lowest BCUT2D eigenvalue weighted by atomic mass is 9.99. The topological polar surface area (TPSA) is 42.0 Å². The van der Waals surface area contributed by atoms with Gasteiger partial charge in [0.05, 0.1) is 6.04 Å². The predicted octanol–water partition coefficient (Wildman–Crippen LogP) is 1.53. The summed E-state index contributed by atoms with van der Waals surface area (Å²) in [4.78, 5) is 15.8. The van der Waals surface area contributed by atoms with Gasteiger partial charge in [0, 0.05) is 18.0 Å². The van der Waals surface area contributed by atoms with Crippen LogP contribution in [0.15, 0.2) is 36.8 Å². The van der Waals surface area contributed by atoms with Gasteiger partial charge in [-0.25, -0.2) is 0 Å². The zero-order chi connectivity index (χ0) is 9.80. The molecule has 1 aliphatic rings. The molecule has 0 saturated heterocycles. The van der Waals surface area contributed by atoms with E-state index in [4.69, 9.17) is 0 Å². The van der Waals surface area contributed by atoms with E-state index in [9.17, 15) is 4.79 Å². The van der Waals surface area contributed by atoms with Crippen molar-refractivity contribution in [1.29, 1.82) is 0 Å². The Bertz CT molecular complexity index is 346. The average molecular weight is 188 g/mol. The number of pyridine rings is 1. The van der Waals surface area contributed by atoms with Gasteiger partial charge in [0.2, 0.25) is 0 Å². The zero-order valence-corrected chi connectivity index (χ0v) is 7.81. The lowest BCUT2D eigenvalue weighted by molar-refractivity contribution is 0.0943. The minimum Gasteiger partial charge on any atom is -0.381 e. The minimum absolute atomic E-state index is 0.0672. The van der Waals surface area contributed by atoms with Crippen molar-refractivity contribution < 1.29 is 4.79 Å². The van der Waals surface area contributed by atoms with E-state index < -0.39 is 0 Å². The molecule has 1 aromatic heterocycles. The van der Waals surface area contributed by atoms with Crippen molar-refractivity contribution in [3.05, 3.63) is 42.4 Å². The van der Waals surface area contributed by atoms with E-state index >= 15 is 0 Å². The number of aromatic nitrogens is 1. The van der Waals surface area contributed by atoms with Crippen LogP contribution in [-0.2, 0) is 0 Å². The largest absolute Gasteiger partial charge is 0.381 e. The summed E-state index contributed by atoms with van der Waals surface area (Å²) in [6.07, 6.45) is 9.02. The summed E-state index contributed by atoms with van der Waals surface area (Å²) >= 11 is 0. The van der Waals surface area contributed by atoms with Gasteiger partial charge in [-0.3, -0.25) is 9.78 Å². The molecule has 3 nitrogen and oxygen atoms in total. The molecule has 72 valence electrons. The third-order valence-electron chi connectivity index (χ3n) is 2.32. The van der Waals surface area contributed by atoms with E-state index in [1.807, 2.05) is 12.3 Å². The number of carbonyl (C=O) groups excluding carboxylic acids is 1. The maximum atomic E-state index is 11.9. The predicted molar refractivity (Wildman–Crippen MR) is 53.9 cm³/mol. The number of hydrogen-bond acceptors (Lipinski definition) is 3. The number of carbonyl (C=O) groups is 1. The van der Waals surface area contributed by atoms with Gasteiger partial charge in [-0.15, -0.1) is 0 Å². The molecule has 0 aliphatic carbocycles. The first-order valence-corrected chi connectivity index (χ1v) is 4.73. The van der Waals surface area contributed by atoms with Gasteiger partial charge in [-0.1, -0.05) is 6.08 Å². The van der Waals surface area contributed by atoms with E-state index in [0.29, 0.717) is 0 Å². The van der Waals surface area contributed by atoms with Crippen molar-refractivity contribution in [2.24, 2.45) is 0 Å². The minimum atomic E-state index is -0.0672. The first-order chi connectivity index (χ1) is 6.88. The van der Waals surface area contributed by atoms with E-state index in [2.05, 4.69) is 10.3 Å². The summed E-state index contributed by atoms with van der Waals surface area (Å²) < 4.78 is 0. The molecule has 0 spiro atoms. The third kappa shape index (κ3) is 1.82. The molecular formula is C11H12N2O. The maximum absolute atomic E-state index is 11.9. The highest BCUT2D eigenvalue weighted by Crippen LogP contribution is 2.10. The molecule has 0 fully saturated rings. The van der Waals surface area contributed by atoms with Crippen molar-refractivity contribution >= 4 is 5.78 Å². The van der Waals surface area contributed by atoms with Crippen LogP contribution in [0.25, 0.3) is 0 Å². The molecule has 1 unspecified atom stereocenters. The van der Waals surface area contributed by atoms with E-state index in [0.717, 1.165) is 18.4 Å². The fourth-order valence-corrected chi connectivity index (χ4v) is 1.54. The standard InChI is InChI=1S/C11H12N2O/c14-11(9-4-7-12-8-5-9)10-3-1-2-6-13-10/h2,4-8,10,13H,1,3H2. The first kappa shape index (κ1) is 8.94. The van der Waals surface area contributed by atoms with Crippen LogP contribution in [0.5, 0.6) is 0 Å². The zero-order valence-electron chi connectivity index (χ0n) is 7.81. The van der Waals surface area contributed by atoms with Crippen molar-refractivity contribution in [2.45, 2.75) is 18.9 Å². The van der Waals surface area contributed by atoms with E-state index in [1.165, 1.54) is 0 Å². The molecule has 3 heteroatoms. The molecule has 14 heavy (non-hydrogen) atoms. The smallest absolute Gasteiger partial charge is 0.185 e. The molecule has 0 amide bonds.